The molecular formula is C27H32. The van der Waals surface area contributed by atoms with Gasteiger partial charge in [0.05, 0.1) is 0 Å². The lowest BCUT2D eigenvalue weighted by Gasteiger charge is -2.26. The molecule has 27 heavy (non-hydrogen) atoms. The molecule has 0 heteroatoms. The van der Waals surface area contributed by atoms with Gasteiger partial charge in [-0.05, 0) is 86.8 Å². The first-order chi connectivity index (χ1) is 13.1. The Bertz CT molecular complexity index is 814. The summed E-state index contributed by atoms with van der Waals surface area (Å²) >= 11 is 0. The maximum atomic E-state index is 3.34. The van der Waals surface area contributed by atoms with E-state index in [2.05, 4.69) is 87.2 Å². The number of hydrogen-bond donors (Lipinski definition) is 0. The topological polar surface area (TPSA) is 0 Å². The highest BCUT2D eigenvalue weighted by Crippen LogP contribution is 2.35. The largest absolute Gasteiger partial charge is 0.0856 e. The molecule has 0 unspecified atom stereocenters. The highest BCUT2D eigenvalue weighted by molar-refractivity contribution is 5.44. The Kier molecular flexibility index (Phi) is 6.94. The highest BCUT2D eigenvalue weighted by atomic mass is 14.2. The molecule has 1 aliphatic rings. The van der Waals surface area contributed by atoms with Gasteiger partial charge < -0.3 is 0 Å². The van der Waals surface area contributed by atoms with Gasteiger partial charge in [-0.25, -0.2) is 0 Å². The molecule has 0 nitrogen and oxygen atoms in total. The van der Waals surface area contributed by atoms with Gasteiger partial charge >= 0.3 is 0 Å². The summed E-state index contributed by atoms with van der Waals surface area (Å²) in [7, 11) is 0. The van der Waals surface area contributed by atoms with Gasteiger partial charge in [-0.2, -0.15) is 0 Å². The average Bonchev–Trinajstić information content (AvgIpc) is 2.68. The zero-order chi connectivity index (χ0) is 19.1. The SMILES string of the molecule is CC(C)=CCCc1cccc(C#Cc2ccc(C3CCC(C)CC3)cc2)c1. The van der Waals surface area contributed by atoms with Crippen molar-refractivity contribution in [2.24, 2.45) is 5.92 Å². The Labute approximate surface area is 165 Å². The molecule has 1 saturated carbocycles. The van der Waals surface area contributed by atoms with Gasteiger partial charge in [0.2, 0.25) is 0 Å². The van der Waals surface area contributed by atoms with Gasteiger partial charge in [-0.1, -0.05) is 67.5 Å². The third-order valence-electron chi connectivity index (χ3n) is 5.66. The van der Waals surface area contributed by atoms with E-state index < -0.39 is 0 Å². The summed E-state index contributed by atoms with van der Waals surface area (Å²) in [5, 5.41) is 0. The van der Waals surface area contributed by atoms with E-state index in [-0.39, 0.29) is 0 Å². The molecule has 140 valence electrons. The fourth-order valence-electron chi connectivity index (χ4n) is 3.91. The van der Waals surface area contributed by atoms with Crippen molar-refractivity contribution in [1.82, 2.24) is 0 Å². The van der Waals surface area contributed by atoms with Gasteiger partial charge in [0.15, 0.2) is 0 Å². The molecule has 1 fully saturated rings. The van der Waals surface area contributed by atoms with E-state index in [4.69, 9.17) is 0 Å². The third-order valence-corrected chi connectivity index (χ3v) is 5.66. The smallest absolute Gasteiger partial charge is 0.0251 e. The van der Waals surface area contributed by atoms with Gasteiger partial charge in [0.1, 0.15) is 0 Å². The summed E-state index contributed by atoms with van der Waals surface area (Å²) in [6, 6.07) is 17.6. The molecule has 0 amide bonds. The molecule has 0 aromatic heterocycles. The zero-order valence-electron chi connectivity index (χ0n) is 17.1. The number of rotatable bonds is 4. The normalized spacial score (nSPS) is 19.1. The van der Waals surface area contributed by atoms with Crippen molar-refractivity contribution in [1.29, 1.82) is 0 Å². The summed E-state index contributed by atoms with van der Waals surface area (Å²) in [6.45, 7) is 6.69. The van der Waals surface area contributed by atoms with Crippen molar-refractivity contribution >= 4 is 0 Å². The standard InChI is InChI=1S/C27H32/c1-21(2)6-4-7-24-8-5-9-25(20-24)13-12-23-14-18-27(19-15-23)26-16-10-22(3)11-17-26/h5-6,8-9,14-15,18-20,22,26H,4,7,10-11,16-17H2,1-3H3. The van der Waals surface area contributed by atoms with Crippen LogP contribution in [0, 0.1) is 17.8 Å². The van der Waals surface area contributed by atoms with Crippen molar-refractivity contribution in [3.63, 3.8) is 0 Å². The molecule has 2 aromatic rings. The van der Waals surface area contributed by atoms with Crippen LogP contribution in [-0.4, -0.2) is 0 Å². The fourth-order valence-corrected chi connectivity index (χ4v) is 3.91. The van der Waals surface area contributed by atoms with Gasteiger partial charge in [0, 0.05) is 11.1 Å². The van der Waals surface area contributed by atoms with Gasteiger partial charge in [0.25, 0.3) is 0 Å². The Morgan fingerprint density at radius 1 is 0.926 bits per heavy atom. The number of benzene rings is 2. The lowest BCUT2D eigenvalue weighted by Crippen LogP contribution is -2.10. The van der Waals surface area contributed by atoms with Crippen LogP contribution in [0.1, 0.15) is 81.0 Å². The molecule has 0 heterocycles. The van der Waals surface area contributed by atoms with Crippen LogP contribution in [-0.2, 0) is 6.42 Å². The summed E-state index contributed by atoms with van der Waals surface area (Å²) in [5.41, 5.74) is 6.46. The average molecular weight is 357 g/mol. The van der Waals surface area contributed by atoms with Gasteiger partial charge in [-0.15, -0.1) is 0 Å². The Morgan fingerprint density at radius 2 is 1.63 bits per heavy atom. The molecule has 0 radical (unpaired) electrons. The lowest BCUT2D eigenvalue weighted by atomic mass is 9.79. The molecule has 0 aliphatic heterocycles. The van der Waals surface area contributed by atoms with E-state index in [0.29, 0.717) is 0 Å². The second kappa shape index (κ2) is 9.61. The predicted molar refractivity (Wildman–Crippen MR) is 117 cm³/mol. The minimum atomic E-state index is 0.751. The predicted octanol–water partition coefficient (Wildman–Crippen LogP) is 7.28. The molecule has 0 N–H and O–H groups in total. The lowest BCUT2D eigenvalue weighted by molar-refractivity contribution is 0.348. The van der Waals surface area contributed by atoms with E-state index in [0.717, 1.165) is 35.8 Å². The van der Waals surface area contributed by atoms with Crippen molar-refractivity contribution in [3.05, 3.63) is 82.4 Å². The maximum Gasteiger partial charge on any atom is 0.0251 e. The van der Waals surface area contributed by atoms with Crippen LogP contribution in [0.4, 0.5) is 0 Å². The van der Waals surface area contributed by atoms with Crippen LogP contribution in [0.25, 0.3) is 0 Å². The molecule has 2 aromatic carbocycles. The van der Waals surface area contributed by atoms with Crippen LogP contribution in [0.3, 0.4) is 0 Å². The molecule has 0 atom stereocenters. The van der Waals surface area contributed by atoms with E-state index in [1.54, 1.807) is 0 Å². The van der Waals surface area contributed by atoms with Crippen LogP contribution in [0.15, 0.2) is 60.2 Å². The van der Waals surface area contributed by atoms with E-state index in [1.165, 1.54) is 42.4 Å². The number of hydrogen-bond acceptors (Lipinski definition) is 0. The van der Waals surface area contributed by atoms with E-state index in [9.17, 15) is 0 Å². The summed E-state index contributed by atoms with van der Waals surface area (Å²) in [5.74, 6) is 8.33. The highest BCUT2D eigenvalue weighted by Gasteiger charge is 2.19. The molecule has 1 aliphatic carbocycles. The van der Waals surface area contributed by atoms with Crippen molar-refractivity contribution < 1.29 is 0 Å². The third kappa shape index (κ3) is 6.14. The van der Waals surface area contributed by atoms with E-state index in [1.807, 2.05) is 0 Å². The zero-order valence-corrected chi connectivity index (χ0v) is 17.1. The second-order valence-electron chi connectivity index (χ2n) is 8.35. The maximum absolute atomic E-state index is 3.34. The second-order valence-corrected chi connectivity index (χ2v) is 8.35. The molecule has 3 rings (SSSR count). The van der Waals surface area contributed by atoms with Crippen molar-refractivity contribution in [3.8, 4) is 11.8 Å². The first kappa shape index (κ1) is 19.5. The first-order valence-electron chi connectivity index (χ1n) is 10.4. The van der Waals surface area contributed by atoms with Crippen LogP contribution in [0.5, 0.6) is 0 Å². The van der Waals surface area contributed by atoms with Crippen molar-refractivity contribution in [2.75, 3.05) is 0 Å². The molecule has 0 bridgehead atoms. The number of aryl methyl sites for hydroxylation is 1. The van der Waals surface area contributed by atoms with Crippen LogP contribution < -0.4 is 0 Å². The summed E-state index contributed by atoms with van der Waals surface area (Å²) in [6.07, 6.45) is 9.90. The quantitative estimate of drug-likeness (QED) is 0.399. The monoisotopic (exact) mass is 356 g/mol. The summed E-state index contributed by atoms with van der Waals surface area (Å²) < 4.78 is 0. The molecule has 0 saturated heterocycles. The molecular weight excluding hydrogens is 324 g/mol. The van der Waals surface area contributed by atoms with E-state index >= 15 is 0 Å². The minimum Gasteiger partial charge on any atom is -0.0856 e. The Balaban J connectivity index is 1.63. The van der Waals surface area contributed by atoms with Gasteiger partial charge in [-0.3, -0.25) is 0 Å². The van der Waals surface area contributed by atoms with Crippen LogP contribution in [0.2, 0.25) is 0 Å². The number of allylic oxidation sites excluding steroid dienone is 2. The Morgan fingerprint density at radius 3 is 2.33 bits per heavy atom. The van der Waals surface area contributed by atoms with Crippen LogP contribution >= 0.6 is 0 Å². The van der Waals surface area contributed by atoms with Crippen molar-refractivity contribution in [2.45, 2.75) is 65.2 Å². The molecule has 0 spiro atoms. The minimum absolute atomic E-state index is 0.751. The fraction of sp³-hybridized carbons (Fsp3) is 0.407. The first-order valence-corrected chi connectivity index (χ1v) is 10.4. The summed E-state index contributed by atoms with van der Waals surface area (Å²) in [4.78, 5) is 0. The Hall–Kier alpha value is -2.26.